The summed E-state index contributed by atoms with van der Waals surface area (Å²) in [5.41, 5.74) is 0. The van der Waals surface area contributed by atoms with Crippen molar-refractivity contribution in [3.63, 3.8) is 0 Å². The second kappa shape index (κ2) is 5.04. The average Bonchev–Trinajstić information content (AvgIpc) is 3.00. The summed E-state index contributed by atoms with van der Waals surface area (Å²) in [4.78, 5) is 8.28. The first-order valence-corrected chi connectivity index (χ1v) is 7.48. The van der Waals surface area contributed by atoms with E-state index >= 15 is 0 Å². The van der Waals surface area contributed by atoms with Gasteiger partial charge in [0, 0.05) is 36.6 Å². The van der Waals surface area contributed by atoms with E-state index in [0.29, 0.717) is 0 Å². The molecule has 2 heterocycles. The second-order valence-electron chi connectivity index (χ2n) is 5.32. The van der Waals surface area contributed by atoms with Gasteiger partial charge in [0.05, 0.1) is 11.1 Å². The van der Waals surface area contributed by atoms with Gasteiger partial charge in [0.2, 0.25) is 0 Å². The molecule has 3 rings (SSSR count). The lowest BCUT2D eigenvalue weighted by atomic mass is 10.1. The maximum absolute atomic E-state index is 9.50. The van der Waals surface area contributed by atoms with Crippen LogP contribution in [0.4, 0.5) is 0 Å². The fourth-order valence-electron chi connectivity index (χ4n) is 2.93. The molecule has 0 spiro atoms. The molecule has 1 aromatic rings. The summed E-state index contributed by atoms with van der Waals surface area (Å²) in [5, 5.41) is 10.8. The molecule has 1 aliphatic heterocycles. The topological polar surface area (TPSA) is 36.4 Å². The van der Waals surface area contributed by atoms with Crippen LogP contribution in [-0.2, 0) is 6.54 Å². The molecule has 4 heteroatoms. The molecule has 1 saturated carbocycles. The summed E-state index contributed by atoms with van der Waals surface area (Å²) in [7, 11) is 0. The summed E-state index contributed by atoms with van der Waals surface area (Å²) in [6.07, 6.45) is 8.26. The minimum Gasteiger partial charge on any atom is -0.392 e. The number of hydrogen-bond donors (Lipinski definition) is 1. The summed E-state index contributed by atoms with van der Waals surface area (Å²) >= 11 is 1.88. The molecule has 1 atom stereocenters. The van der Waals surface area contributed by atoms with E-state index in [-0.39, 0.29) is 6.10 Å². The molecule has 2 aliphatic rings. The monoisotopic (exact) mass is 252 g/mol. The molecule has 0 amide bonds. The Kier molecular flexibility index (Phi) is 3.45. The largest absolute Gasteiger partial charge is 0.392 e. The highest BCUT2D eigenvalue weighted by Crippen LogP contribution is 2.36. The van der Waals surface area contributed by atoms with Gasteiger partial charge in [0.1, 0.15) is 0 Å². The van der Waals surface area contributed by atoms with Crippen LogP contribution >= 0.6 is 11.3 Å². The van der Waals surface area contributed by atoms with Crippen molar-refractivity contribution < 1.29 is 5.11 Å². The number of likely N-dealkylation sites (tertiary alicyclic amines) is 1. The zero-order valence-corrected chi connectivity index (χ0v) is 11.0. The van der Waals surface area contributed by atoms with Crippen LogP contribution in [0.1, 0.15) is 47.9 Å². The highest BCUT2D eigenvalue weighted by Gasteiger charge is 2.23. The maximum atomic E-state index is 9.50. The second-order valence-corrected chi connectivity index (χ2v) is 6.47. The van der Waals surface area contributed by atoms with Crippen LogP contribution in [0.3, 0.4) is 0 Å². The molecule has 1 saturated heterocycles. The van der Waals surface area contributed by atoms with Crippen molar-refractivity contribution in [1.29, 1.82) is 0 Å². The molecule has 1 N–H and O–H groups in total. The quantitative estimate of drug-likeness (QED) is 0.897. The molecule has 0 unspecified atom stereocenters. The fraction of sp³-hybridized carbons (Fsp3) is 0.769. The molecule has 0 bridgehead atoms. The number of nitrogens with zero attached hydrogens (tertiary/aromatic N) is 2. The van der Waals surface area contributed by atoms with Crippen LogP contribution in [0.5, 0.6) is 0 Å². The lowest BCUT2D eigenvalue weighted by Crippen LogP contribution is -2.20. The van der Waals surface area contributed by atoms with Crippen LogP contribution < -0.4 is 0 Å². The molecule has 2 fully saturated rings. The van der Waals surface area contributed by atoms with Crippen molar-refractivity contribution in [3.05, 3.63) is 16.1 Å². The Morgan fingerprint density at radius 1 is 1.35 bits per heavy atom. The third-order valence-electron chi connectivity index (χ3n) is 3.90. The van der Waals surface area contributed by atoms with Gasteiger partial charge in [-0.1, -0.05) is 12.8 Å². The highest BCUT2D eigenvalue weighted by molar-refractivity contribution is 7.11. The molecular formula is C13H20N2OS. The van der Waals surface area contributed by atoms with Crippen molar-refractivity contribution in [2.45, 2.75) is 50.7 Å². The van der Waals surface area contributed by atoms with Gasteiger partial charge in [-0.05, 0) is 19.3 Å². The number of aromatic nitrogens is 1. The number of aliphatic hydroxyl groups is 1. The molecule has 0 radical (unpaired) electrons. The SMILES string of the molecule is O[C@H]1CCN(Cc2cnc(C3CCCC3)s2)C1. The Balaban J connectivity index is 1.60. The van der Waals surface area contributed by atoms with Crippen molar-refractivity contribution in [2.75, 3.05) is 13.1 Å². The normalized spacial score (nSPS) is 27.0. The minimum absolute atomic E-state index is 0.114. The first-order valence-electron chi connectivity index (χ1n) is 6.66. The van der Waals surface area contributed by atoms with E-state index in [4.69, 9.17) is 0 Å². The van der Waals surface area contributed by atoms with E-state index in [1.807, 2.05) is 17.5 Å². The number of thiazole rings is 1. The third kappa shape index (κ3) is 2.69. The molecule has 1 aromatic heterocycles. The smallest absolute Gasteiger partial charge is 0.0959 e. The Morgan fingerprint density at radius 3 is 2.88 bits per heavy atom. The maximum Gasteiger partial charge on any atom is 0.0959 e. The molecule has 1 aliphatic carbocycles. The lowest BCUT2D eigenvalue weighted by molar-refractivity contribution is 0.175. The summed E-state index contributed by atoms with van der Waals surface area (Å²) in [6.45, 7) is 2.83. The zero-order chi connectivity index (χ0) is 11.7. The van der Waals surface area contributed by atoms with Gasteiger partial charge in [0.15, 0.2) is 0 Å². The zero-order valence-electron chi connectivity index (χ0n) is 10.1. The van der Waals surface area contributed by atoms with Crippen LogP contribution in [0.15, 0.2) is 6.20 Å². The average molecular weight is 252 g/mol. The van der Waals surface area contributed by atoms with Gasteiger partial charge < -0.3 is 5.11 Å². The van der Waals surface area contributed by atoms with E-state index in [2.05, 4.69) is 9.88 Å². The van der Waals surface area contributed by atoms with Gasteiger partial charge >= 0.3 is 0 Å². The lowest BCUT2D eigenvalue weighted by Gasteiger charge is -2.12. The van der Waals surface area contributed by atoms with Crippen LogP contribution in [-0.4, -0.2) is 34.2 Å². The van der Waals surface area contributed by atoms with E-state index in [1.165, 1.54) is 35.6 Å². The van der Waals surface area contributed by atoms with Crippen LogP contribution in [0.25, 0.3) is 0 Å². The van der Waals surface area contributed by atoms with Crippen molar-refractivity contribution >= 4 is 11.3 Å². The summed E-state index contributed by atoms with van der Waals surface area (Å²) in [6, 6.07) is 0. The first kappa shape index (κ1) is 11.6. The van der Waals surface area contributed by atoms with Gasteiger partial charge in [0.25, 0.3) is 0 Å². The van der Waals surface area contributed by atoms with Gasteiger partial charge in [-0.3, -0.25) is 4.90 Å². The molecule has 0 aromatic carbocycles. The van der Waals surface area contributed by atoms with E-state index in [9.17, 15) is 5.11 Å². The Hall–Kier alpha value is -0.450. The number of aliphatic hydroxyl groups excluding tert-OH is 1. The molecule has 3 nitrogen and oxygen atoms in total. The first-order chi connectivity index (χ1) is 8.31. The Bertz CT molecular complexity index is 373. The standard InChI is InChI=1S/C13H20N2OS/c16-11-5-6-15(8-11)9-12-7-14-13(17-12)10-3-1-2-4-10/h7,10-11,16H,1-6,8-9H2/t11-/m0/s1. The van der Waals surface area contributed by atoms with Crippen molar-refractivity contribution in [3.8, 4) is 0 Å². The van der Waals surface area contributed by atoms with Crippen LogP contribution in [0, 0.1) is 0 Å². The van der Waals surface area contributed by atoms with Gasteiger partial charge in [-0.25, -0.2) is 4.98 Å². The molecule has 94 valence electrons. The van der Waals surface area contributed by atoms with Gasteiger partial charge in [-0.2, -0.15) is 0 Å². The number of rotatable bonds is 3. The van der Waals surface area contributed by atoms with E-state index in [1.54, 1.807) is 0 Å². The number of β-amino-alcohol motifs (C(OH)–C–C–N with tert-alkyl or cyclic N) is 1. The van der Waals surface area contributed by atoms with Crippen molar-refractivity contribution in [2.24, 2.45) is 0 Å². The Morgan fingerprint density at radius 2 is 2.18 bits per heavy atom. The number of hydrogen-bond acceptors (Lipinski definition) is 4. The third-order valence-corrected chi connectivity index (χ3v) is 5.05. The summed E-state index contributed by atoms with van der Waals surface area (Å²) < 4.78 is 0. The Labute approximate surface area is 106 Å². The predicted octanol–water partition coefficient (Wildman–Crippen LogP) is 2.37. The fourth-order valence-corrected chi connectivity index (χ4v) is 4.06. The molecular weight excluding hydrogens is 232 g/mol. The predicted molar refractivity (Wildman–Crippen MR) is 69.2 cm³/mol. The van der Waals surface area contributed by atoms with Gasteiger partial charge in [-0.15, -0.1) is 11.3 Å². The van der Waals surface area contributed by atoms with Crippen molar-refractivity contribution in [1.82, 2.24) is 9.88 Å². The minimum atomic E-state index is -0.114. The summed E-state index contributed by atoms with van der Waals surface area (Å²) in [5.74, 6) is 0.734. The molecule has 17 heavy (non-hydrogen) atoms. The highest BCUT2D eigenvalue weighted by atomic mass is 32.1. The van der Waals surface area contributed by atoms with E-state index in [0.717, 1.165) is 32.0 Å². The van der Waals surface area contributed by atoms with E-state index < -0.39 is 0 Å². The van der Waals surface area contributed by atoms with Crippen LogP contribution in [0.2, 0.25) is 0 Å².